The van der Waals surface area contributed by atoms with Gasteiger partial charge >= 0.3 is 0 Å². The van der Waals surface area contributed by atoms with E-state index in [2.05, 4.69) is 37.8 Å². The van der Waals surface area contributed by atoms with Crippen LogP contribution in [0.1, 0.15) is 43.1 Å². The predicted molar refractivity (Wildman–Crippen MR) is 73.9 cm³/mol. The molecule has 4 heteroatoms. The lowest BCUT2D eigenvalue weighted by Crippen LogP contribution is -2.18. The van der Waals surface area contributed by atoms with E-state index in [4.69, 9.17) is 0 Å². The Kier molecular flexibility index (Phi) is 2.69. The number of imidazole rings is 1. The molecular weight excluding hydrogens is 236 g/mol. The second kappa shape index (κ2) is 4.53. The molecule has 1 N–H and O–H groups in total. The first-order valence-corrected chi connectivity index (χ1v) is 7.28. The van der Waals surface area contributed by atoms with E-state index < -0.39 is 0 Å². The van der Waals surface area contributed by atoms with Crippen LogP contribution in [0.5, 0.6) is 0 Å². The van der Waals surface area contributed by atoms with Crippen LogP contribution in [0.3, 0.4) is 0 Å². The van der Waals surface area contributed by atoms with Crippen LogP contribution in [0.2, 0.25) is 0 Å². The van der Waals surface area contributed by atoms with Gasteiger partial charge in [-0.25, -0.2) is 4.98 Å². The van der Waals surface area contributed by atoms with Gasteiger partial charge in [-0.1, -0.05) is 0 Å². The Balaban J connectivity index is 1.48. The van der Waals surface area contributed by atoms with E-state index in [-0.39, 0.29) is 0 Å². The maximum absolute atomic E-state index is 4.31. The van der Waals surface area contributed by atoms with E-state index in [0.717, 1.165) is 19.1 Å². The zero-order valence-electron chi connectivity index (χ0n) is 11.1. The fourth-order valence-corrected chi connectivity index (χ4v) is 2.61. The number of hydrogen-bond donors (Lipinski definition) is 1. The molecule has 0 aliphatic heterocycles. The molecule has 2 saturated carbocycles. The fourth-order valence-electron chi connectivity index (χ4n) is 2.61. The standard InChI is InChI=1S/C15H20N4/c1-2-14(9-17-12-3-4-12)18(7-1)10-15-8-16-11-19(15)13-5-6-13/h1-2,7-8,11-13,17H,3-6,9-10H2. The molecule has 4 rings (SSSR count). The molecule has 19 heavy (non-hydrogen) atoms. The van der Waals surface area contributed by atoms with Gasteiger partial charge in [0.25, 0.3) is 0 Å². The maximum Gasteiger partial charge on any atom is 0.0951 e. The third-order valence-corrected chi connectivity index (χ3v) is 4.09. The van der Waals surface area contributed by atoms with Crippen molar-refractivity contribution in [2.45, 2.75) is 50.9 Å². The largest absolute Gasteiger partial charge is 0.344 e. The summed E-state index contributed by atoms with van der Waals surface area (Å²) in [6, 6.07) is 5.83. The third kappa shape index (κ3) is 2.45. The fraction of sp³-hybridized carbons (Fsp3) is 0.533. The topological polar surface area (TPSA) is 34.8 Å². The van der Waals surface area contributed by atoms with Crippen molar-refractivity contribution in [3.05, 3.63) is 42.2 Å². The van der Waals surface area contributed by atoms with Gasteiger partial charge in [0.05, 0.1) is 18.6 Å². The van der Waals surface area contributed by atoms with Crippen molar-refractivity contribution < 1.29 is 0 Å². The first kappa shape index (κ1) is 11.3. The molecule has 0 aromatic carbocycles. The van der Waals surface area contributed by atoms with E-state index in [1.165, 1.54) is 37.1 Å². The van der Waals surface area contributed by atoms with Crippen molar-refractivity contribution in [1.29, 1.82) is 0 Å². The van der Waals surface area contributed by atoms with Crippen molar-refractivity contribution in [1.82, 2.24) is 19.4 Å². The summed E-state index contributed by atoms with van der Waals surface area (Å²) in [6.07, 6.45) is 11.5. The molecule has 0 amide bonds. The molecule has 0 unspecified atom stereocenters. The quantitative estimate of drug-likeness (QED) is 0.860. The van der Waals surface area contributed by atoms with Crippen LogP contribution in [-0.4, -0.2) is 20.2 Å². The van der Waals surface area contributed by atoms with E-state index >= 15 is 0 Å². The van der Waals surface area contributed by atoms with Crippen LogP contribution in [0.25, 0.3) is 0 Å². The normalized spacial score (nSPS) is 18.9. The molecule has 0 atom stereocenters. The van der Waals surface area contributed by atoms with Gasteiger partial charge in [-0.2, -0.15) is 0 Å². The molecule has 2 aliphatic carbocycles. The molecule has 2 aromatic heterocycles. The van der Waals surface area contributed by atoms with Crippen LogP contribution >= 0.6 is 0 Å². The zero-order valence-corrected chi connectivity index (χ0v) is 11.1. The minimum atomic E-state index is 0.709. The van der Waals surface area contributed by atoms with Gasteiger partial charge in [-0.15, -0.1) is 0 Å². The Hall–Kier alpha value is -1.55. The lowest BCUT2D eigenvalue weighted by molar-refractivity contribution is 0.609. The van der Waals surface area contributed by atoms with Crippen LogP contribution in [0.15, 0.2) is 30.9 Å². The van der Waals surface area contributed by atoms with Crippen LogP contribution < -0.4 is 5.32 Å². The van der Waals surface area contributed by atoms with Crippen LogP contribution in [0, 0.1) is 0 Å². The number of rotatable bonds is 6. The van der Waals surface area contributed by atoms with Gasteiger partial charge in [-0.3, -0.25) is 0 Å². The Morgan fingerprint density at radius 1 is 1.21 bits per heavy atom. The lowest BCUT2D eigenvalue weighted by atomic mass is 10.3. The Morgan fingerprint density at radius 2 is 2.11 bits per heavy atom. The first-order chi connectivity index (χ1) is 9.40. The van der Waals surface area contributed by atoms with Gasteiger partial charge in [0, 0.05) is 36.7 Å². The number of nitrogens with zero attached hydrogens (tertiary/aromatic N) is 3. The number of nitrogens with one attached hydrogen (secondary N) is 1. The molecule has 2 heterocycles. The molecule has 4 nitrogen and oxygen atoms in total. The second-order valence-electron chi connectivity index (χ2n) is 5.81. The molecular formula is C15H20N4. The average Bonchev–Trinajstić information content (AvgIpc) is 3.34. The van der Waals surface area contributed by atoms with Crippen molar-refractivity contribution in [2.75, 3.05) is 0 Å². The highest BCUT2D eigenvalue weighted by Gasteiger charge is 2.25. The van der Waals surface area contributed by atoms with Crippen molar-refractivity contribution in [2.24, 2.45) is 0 Å². The van der Waals surface area contributed by atoms with Gasteiger partial charge in [-0.05, 0) is 37.8 Å². The van der Waals surface area contributed by atoms with Gasteiger partial charge in [0.2, 0.25) is 0 Å². The Bertz CT molecular complexity index is 560. The zero-order chi connectivity index (χ0) is 12.7. The third-order valence-electron chi connectivity index (χ3n) is 4.09. The van der Waals surface area contributed by atoms with Gasteiger partial charge in [0.15, 0.2) is 0 Å². The lowest BCUT2D eigenvalue weighted by Gasteiger charge is -2.12. The van der Waals surface area contributed by atoms with Crippen LogP contribution in [0.4, 0.5) is 0 Å². The van der Waals surface area contributed by atoms with E-state index in [9.17, 15) is 0 Å². The van der Waals surface area contributed by atoms with E-state index in [1.807, 2.05) is 12.5 Å². The minimum Gasteiger partial charge on any atom is -0.344 e. The first-order valence-electron chi connectivity index (χ1n) is 7.28. The molecule has 2 aliphatic rings. The molecule has 0 spiro atoms. The minimum absolute atomic E-state index is 0.709. The predicted octanol–water partition coefficient (Wildman–Crippen LogP) is 2.32. The Labute approximate surface area is 113 Å². The summed E-state index contributed by atoms with van der Waals surface area (Å²) in [6.45, 7) is 1.92. The van der Waals surface area contributed by atoms with Gasteiger partial charge in [0.1, 0.15) is 0 Å². The van der Waals surface area contributed by atoms with Gasteiger partial charge < -0.3 is 14.5 Å². The van der Waals surface area contributed by atoms with Crippen LogP contribution in [-0.2, 0) is 13.1 Å². The van der Waals surface area contributed by atoms with E-state index in [1.54, 1.807) is 0 Å². The number of hydrogen-bond acceptors (Lipinski definition) is 2. The summed E-state index contributed by atoms with van der Waals surface area (Å²) < 4.78 is 4.68. The molecule has 2 aromatic rings. The summed E-state index contributed by atoms with van der Waals surface area (Å²) >= 11 is 0. The summed E-state index contributed by atoms with van der Waals surface area (Å²) in [5.41, 5.74) is 2.70. The SMILES string of the molecule is c1cc(CNC2CC2)n(Cc2cncn2C2CC2)c1. The molecule has 0 bridgehead atoms. The van der Waals surface area contributed by atoms with E-state index in [0.29, 0.717) is 6.04 Å². The molecule has 0 radical (unpaired) electrons. The summed E-state index contributed by atoms with van der Waals surface area (Å²) in [5, 5.41) is 3.59. The highest BCUT2D eigenvalue weighted by Crippen LogP contribution is 2.35. The molecule has 100 valence electrons. The molecule has 2 fully saturated rings. The monoisotopic (exact) mass is 256 g/mol. The van der Waals surface area contributed by atoms with Crippen molar-refractivity contribution >= 4 is 0 Å². The second-order valence-corrected chi connectivity index (χ2v) is 5.81. The van der Waals surface area contributed by atoms with Crippen molar-refractivity contribution in [3.63, 3.8) is 0 Å². The maximum atomic E-state index is 4.31. The highest BCUT2D eigenvalue weighted by molar-refractivity contribution is 5.12. The summed E-state index contributed by atoms with van der Waals surface area (Å²) in [5.74, 6) is 0. The smallest absolute Gasteiger partial charge is 0.0951 e. The Morgan fingerprint density at radius 3 is 2.89 bits per heavy atom. The molecule has 0 saturated heterocycles. The van der Waals surface area contributed by atoms with Crippen molar-refractivity contribution in [3.8, 4) is 0 Å². The summed E-state index contributed by atoms with van der Waals surface area (Å²) in [4.78, 5) is 4.31. The summed E-state index contributed by atoms with van der Waals surface area (Å²) in [7, 11) is 0. The highest BCUT2D eigenvalue weighted by atomic mass is 15.1. The number of aromatic nitrogens is 3. The average molecular weight is 256 g/mol.